The lowest BCUT2D eigenvalue weighted by Crippen LogP contribution is -2.46. The molecule has 2 rings (SSSR count). The Labute approximate surface area is 149 Å². The summed E-state index contributed by atoms with van der Waals surface area (Å²) in [7, 11) is 5.35. The normalized spacial score (nSPS) is 16.1. The van der Waals surface area contributed by atoms with Crippen LogP contribution in [0.3, 0.4) is 0 Å². The maximum atomic E-state index is 12.3. The van der Waals surface area contributed by atoms with Crippen LogP contribution < -0.4 is 10.6 Å². The van der Waals surface area contributed by atoms with Crippen molar-refractivity contribution in [2.45, 2.75) is 44.2 Å². The molecule has 136 valence electrons. The maximum absolute atomic E-state index is 12.3. The van der Waals surface area contributed by atoms with Crippen molar-refractivity contribution >= 4 is 24.2 Å². The van der Waals surface area contributed by atoms with Crippen LogP contribution in [0.2, 0.25) is 0 Å². The molecular weight excluding hydrogens is 330 g/mol. The highest BCUT2D eigenvalue weighted by Crippen LogP contribution is 2.21. The van der Waals surface area contributed by atoms with Crippen LogP contribution in [0, 0.1) is 0 Å². The van der Waals surface area contributed by atoms with Gasteiger partial charge < -0.3 is 15.5 Å². The highest BCUT2D eigenvalue weighted by Gasteiger charge is 2.24. The number of nitrogens with zero attached hydrogens (tertiary/aromatic N) is 3. The first-order valence-corrected chi connectivity index (χ1v) is 8.22. The lowest BCUT2D eigenvalue weighted by Gasteiger charge is -2.31. The highest BCUT2D eigenvalue weighted by molar-refractivity contribution is 5.88. The second-order valence-electron chi connectivity index (χ2n) is 6.18. The molecule has 0 saturated heterocycles. The molecule has 0 aromatic carbocycles. The molecular formula is C16H28ClN5O2. The number of aromatic nitrogens is 2. The van der Waals surface area contributed by atoms with E-state index in [1.54, 1.807) is 36.1 Å². The summed E-state index contributed by atoms with van der Waals surface area (Å²) < 4.78 is 1.65. The zero-order valence-electron chi connectivity index (χ0n) is 14.6. The number of aryl methyl sites for hydroxylation is 1. The van der Waals surface area contributed by atoms with Gasteiger partial charge in [0.1, 0.15) is 6.04 Å². The minimum atomic E-state index is -0.503. The quantitative estimate of drug-likeness (QED) is 0.796. The molecule has 1 aliphatic rings. The number of likely N-dealkylation sites (N-methyl/N-ethyl adjacent to an activating group) is 2. The largest absolute Gasteiger partial charge is 0.345 e. The number of hydrogen-bond donors (Lipinski definition) is 2. The summed E-state index contributed by atoms with van der Waals surface area (Å²) in [6.07, 6.45) is 9.17. The molecule has 0 radical (unpaired) electrons. The third kappa shape index (κ3) is 5.21. The van der Waals surface area contributed by atoms with E-state index in [0.717, 1.165) is 18.4 Å². The summed E-state index contributed by atoms with van der Waals surface area (Å²) in [5, 5.41) is 9.76. The van der Waals surface area contributed by atoms with Crippen molar-refractivity contribution in [3.8, 4) is 0 Å². The van der Waals surface area contributed by atoms with E-state index in [9.17, 15) is 9.59 Å². The fraction of sp³-hybridized carbons (Fsp3) is 0.688. The van der Waals surface area contributed by atoms with Crippen molar-refractivity contribution in [2.75, 3.05) is 20.6 Å². The topological polar surface area (TPSA) is 79.3 Å². The van der Waals surface area contributed by atoms with Gasteiger partial charge in [0.15, 0.2) is 0 Å². The average Bonchev–Trinajstić information content (AvgIpc) is 2.99. The van der Waals surface area contributed by atoms with Crippen molar-refractivity contribution in [1.82, 2.24) is 25.3 Å². The predicted molar refractivity (Wildman–Crippen MR) is 94.9 cm³/mol. The number of carbonyl (C=O) groups excluding carboxylic acids is 2. The molecule has 7 nitrogen and oxygen atoms in total. The molecule has 0 spiro atoms. The smallest absolute Gasteiger partial charge is 0.242 e. The standard InChI is InChI=1S/C16H27N5O2.ClH/c1-17-15(12-9-19-20(2)11-12)16(23)18-10-14(22)21(3)13-7-5-4-6-8-13;/h9,11,13,15,17H,4-8,10H2,1-3H3,(H,18,23);1H. The minimum absolute atomic E-state index is 0. The Kier molecular flexibility index (Phi) is 8.21. The second-order valence-corrected chi connectivity index (χ2v) is 6.18. The molecule has 0 aliphatic heterocycles. The van der Waals surface area contributed by atoms with Gasteiger partial charge in [0, 0.05) is 31.9 Å². The molecule has 1 aromatic heterocycles. The molecule has 2 N–H and O–H groups in total. The van der Waals surface area contributed by atoms with Gasteiger partial charge in [-0.1, -0.05) is 19.3 Å². The molecule has 8 heteroatoms. The fourth-order valence-corrected chi connectivity index (χ4v) is 3.10. The first-order chi connectivity index (χ1) is 11.0. The summed E-state index contributed by atoms with van der Waals surface area (Å²) in [4.78, 5) is 26.4. The molecule has 24 heavy (non-hydrogen) atoms. The van der Waals surface area contributed by atoms with Crippen LogP contribution in [-0.4, -0.2) is 53.2 Å². The number of amides is 2. The molecule has 1 aromatic rings. The van der Waals surface area contributed by atoms with Gasteiger partial charge in [-0.2, -0.15) is 5.10 Å². The fourth-order valence-electron chi connectivity index (χ4n) is 3.10. The molecule has 1 heterocycles. The van der Waals surface area contributed by atoms with Crippen LogP contribution in [0.25, 0.3) is 0 Å². The van der Waals surface area contributed by atoms with Crippen molar-refractivity contribution < 1.29 is 9.59 Å². The lowest BCUT2D eigenvalue weighted by atomic mass is 9.94. The number of hydrogen-bond acceptors (Lipinski definition) is 4. The van der Waals surface area contributed by atoms with E-state index in [1.165, 1.54) is 19.3 Å². The SMILES string of the molecule is CNC(C(=O)NCC(=O)N(C)C1CCCCC1)c1cnn(C)c1.Cl. The third-order valence-electron chi connectivity index (χ3n) is 4.54. The van der Waals surface area contributed by atoms with E-state index < -0.39 is 6.04 Å². The van der Waals surface area contributed by atoms with Crippen LogP contribution >= 0.6 is 12.4 Å². The van der Waals surface area contributed by atoms with Crippen LogP contribution in [0.15, 0.2) is 12.4 Å². The van der Waals surface area contributed by atoms with Gasteiger partial charge in [-0.05, 0) is 19.9 Å². The van der Waals surface area contributed by atoms with Crippen molar-refractivity contribution in [2.24, 2.45) is 7.05 Å². The Morgan fingerprint density at radius 2 is 2.04 bits per heavy atom. The van der Waals surface area contributed by atoms with E-state index >= 15 is 0 Å². The molecule has 1 fully saturated rings. The van der Waals surface area contributed by atoms with Gasteiger partial charge in [-0.15, -0.1) is 12.4 Å². The lowest BCUT2D eigenvalue weighted by molar-refractivity contribution is -0.134. The number of nitrogens with one attached hydrogen (secondary N) is 2. The van der Waals surface area contributed by atoms with Gasteiger partial charge in [0.05, 0.1) is 12.7 Å². The van der Waals surface area contributed by atoms with Crippen LogP contribution in [0.4, 0.5) is 0 Å². The van der Waals surface area contributed by atoms with E-state index in [-0.39, 0.29) is 30.8 Å². The van der Waals surface area contributed by atoms with Crippen LogP contribution in [-0.2, 0) is 16.6 Å². The Balaban J connectivity index is 0.00000288. The molecule has 1 unspecified atom stereocenters. The Morgan fingerprint density at radius 1 is 1.38 bits per heavy atom. The third-order valence-corrected chi connectivity index (χ3v) is 4.54. The average molecular weight is 358 g/mol. The van der Waals surface area contributed by atoms with E-state index in [1.807, 2.05) is 7.05 Å². The van der Waals surface area contributed by atoms with Crippen LogP contribution in [0.5, 0.6) is 0 Å². The second kappa shape index (κ2) is 9.64. The zero-order valence-corrected chi connectivity index (χ0v) is 15.4. The Hall–Kier alpha value is -1.60. The maximum Gasteiger partial charge on any atom is 0.242 e. The first-order valence-electron chi connectivity index (χ1n) is 8.22. The van der Waals surface area contributed by atoms with Gasteiger partial charge >= 0.3 is 0 Å². The molecule has 0 bridgehead atoms. The summed E-state index contributed by atoms with van der Waals surface area (Å²) in [5.74, 6) is -0.253. The number of carbonyl (C=O) groups is 2. The summed E-state index contributed by atoms with van der Waals surface area (Å²) in [6, 6.07) is -0.192. The van der Waals surface area contributed by atoms with Gasteiger partial charge in [-0.3, -0.25) is 14.3 Å². The van der Waals surface area contributed by atoms with E-state index in [4.69, 9.17) is 0 Å². The minimum Gasteiger partial charge on any atom is -0.345 e. The van der Waals surface area contributed by atoms with Gasteiger partial charge in [-0.25, -0.2) is 0 Å². The summed E-state index contributed by atoms with van der Waals surface area (Å²) in [5.41, 5.74) is 0.778. The zero-order chi connectivity index (χ0) is 16.8. The van der Waals surface area contributed by atoms with Gasteiger partial charge in [0.2, 0.25) is 11.8 Å². The van der Waals surface area contributed by atoms with Gasteiger partial charge in [0.25, 0.3) is 0 Å². The molecule has 1 saturated carbocycles. The first kappa shape index (κ1) is 20.4. The molecule has 2 amide bonds. The van der Waals surface area contributed by atoms with Crippen molar-refractivity contribution in [3.05, 3.63) is 18.0 Å². The Morgan fingerprint density at radius 3 is 2.58 bits per heavy atom. The van der Waals surface area contributed by atoms with Crippen molar-refractivity contribution in [1.29, 1.82) is 0 Å². The summed E-state index contributed by atoms with van der Waals surface area (Å²) in [6.45, 7) is 0.0320. The Bertz CT molecular complexity index is 542. The van der Waals surface area contributed by atoms with E-state index in [0.29, 0.717) is 6.04 Å². The van der Waals surface area contributed by atoms with Crippen LogP contribution in [0.1, 0.15) is 43.7 Å². The number of rotatable bonds is 6. The predicted octanol–water partition coefficient (Wildman–Crippen LogP) is 1.01. The van der Waals surface area contributed by atoms with Crippen molar-refractivity contribution in [3.63, 3.8) is 0 Å². The number of halogens is 1. The summed E-state index contributed by atoms with van der Waals surface area (Å²) >= 11 is 0. The highest BCUT2D eigenvalue weighted by atomic mass is 35.5. The molecule has 1 atom stereocenters. The molecule has 1 aliphatic carbocycles. The van der Waals surface area contributed by atoms with E-state index in [2.05, 4.69) is 15.7 Å². The monoisotopic (exact) mass is 357 g/mol.